The monoisotopic (exact) mass is 151 g/mol. The quantitative estimate of drug-likeness (QED) is 0.581. The summed E-state index contributed by atoms with van der Waals surface area (Å²) in [5.41, 5.74) is 0. The van der Waals surface area contributed by atoms with Crippen molar-refractivity contribution in [3.8, 4) is 0 Å². The molecule has 60 valence electrons. The van der Waals surface area contributed by atoms with Gasteiger partial charge >= 0.3 is 0 Å². The highest BCUT2D eigenvalue weighted by Crippen LogP contribution is 1.86. The van der Waals surface area contributed by atoms with Crippen LogP contribution in [0.3, 0.4) is 0 Å². The summed E-state index contributed by atoms with van der Waals surface area (Å²) in [6.07, 6.45) is 11.5. The van der Waals surface area contributed by atoms with E-state index in [-0.39, 0.29) is 0 Å². The molecule has 0 atom stereocenters. The second-order valence-corrected chi connectivity index (χ2v) is 2.58. The first-order chi connectivity index (χ1) is 5.36. The second kappa shape index (κ2) is 3.96. The second-order valence-electron chi connectivity index (χ2n) is 2.58. The zero-order valence-corrected chi connectivity index (χ0v) is 7.20. The number of hydrogen-bond acceptors (Lipinski definition) is 0. The minimum Gasteiger partial charge on any atom is -0.236 e. The average molecular weight is 151 g/mol. The number of allylic oxidation sites excluding steroid dienone is 1. The van der Waals surface area contributed by atoms with Crippen LogP contribution in [-0.2, 0) is 6.54 Å². The summed E-state index contributed by atoms with van der Waals surface area (Å²) in [7, 11) is 0. The number of nitrogens with zero attached hydrogens (tertiary/aromatic N) is 2. The topological polar surface area (TPSA) is 8.81 Å². The molecule has 2 nitrogen and oxygen atoms in total. The van der Waals surface area contributed by atoms with E-state index in [1.54, 1.807) is 0 Å². The Bertz CT molecular complexity index is 235. The third-order valence-corrected chi connectivity index (χ3v) is 1.51. The lowest BCUT2D eigenvalue weighted by molar-refractivity contribution is -0.696. The van der Waals surface area contributed by atoms with Crippen LogP contribution in [0.4, 0.5) is 0 Å². The maximum Gasteiger partial charge on any atom is 0.248 e. The lowest BCUT2D eigenvalue weighted by atomic mass is 10.5. The van der Waals surface area contributed by atoms with Crippen molar-refractivity contribution in [3.05, 3.63) is 24.8 Å². The standard InChI is InChI=1S/C9H15N2/c1-3-5-10-7-8-11(9-10)6-4-2/h3,5,7-9H,4,6H2,1-2H3/q+1. The first-order valence-electron chi connectivity index (χ1n) is 4.06. The number of imidazole rings is 1. The van der Waals surface area contributed by atoms with Gasteiger partial charge in [0.1, 0.15) is 12.4 Å². The summed E-state index contributed by atoms with van der Waals surface area (Å²) < 4.78 is 4.23. The van der Waals surface area contributed by atoms with Crippen LogP contribution in [0.2, 0.25) is 0 Å². The van der Waals surface area contributed by atoms with Crippen molar-refractivity contribution in [2.75, 3.05) is 0 Å². The van der Waals surface area contributed by atoms with Crippen LogP contribution in [0.15, 0.2) is 24.8 Å². The van der Waals surface area contributed by atoms with Gasteiger partial charge in [0.2, 0.25) is 6.33 Å². The molecular formula is C9H15N2+. The molecule has 0 fully saturated rings. The lowest BCUT2D eigenvalue weighted by Crippen LogP contribution is -2.30. The van der Waals surface area contributed by atoms with Gasteiger partial charge in [-0.3, -0.25) is 0 Å². The van der Waals surface area contributed by atoms with E-state index in [9.17, 15) is 0 Å². The van der Waals surface area contributed by atoms with E-state index in [0.717, 1.165) is 6.54 Å². The Morgan fingerprint density at radius 3 is 3.00 bits per heavy atom. The van der Waals surface area contributed by atoms with E-state index in [0.29, 0.717) is 0 Å². The highest BCUT2D eigenvalue weighted by molar-refractivity contribution is 5.18. The molecule has 0 radical (unpaired) electrons. The summed E-state index contributed by atoms with van der Waals surface area (Å²) >= 11 is 0. The summed E-state index contributed by atoms with van der Waals surface area (Å²) in [5.74, 6) is 0. The molecule has 1 aromatic rings. The van der Waals surface area contributed by atoms with Crippen molar-refractivity contribution in [3.63, 3.8) is 0 Å². The third-order valence-electron chi connectivity index (χ3n) is 1.51. The third kappa shape index (κ3) is 2.22. The van der Waals surface area contributed by atoms with E-state index in [1.807, 2.05) is 19.2 Å². The van der Waals surface area contributed by atoms with Gasteiger partial charge in [-0.2, -0.15) is 0 Å². The van der Waals surface area contributed by atoms with E-state index >= 15 is 0 Å². The average Bonchev–Trinajstić information content (AvgIpc) is 2.38. The molecule has 0 bridgehead atoms. The van der Waals surface area contributed by atoms with Crippen molar-refractivity contribution in [1.29, 1.82) is 0 Å². The van der Waals surface area contributed by atoms with Gasteiger partial charge in [0.15, 0.2) is 0 Å². The van der Waals surface area contributed by atoms with E-state index in [1.165, 1.54) is 6.42 Å². The van der Waals surface area contributed by atoms with Crippen LogP contribution < -0.4 is 4.57 Å². The first-order valence-corrected chi connectivity index (χ1v) is 4.06. The van der Waals surface area contributed by atoms with Crippen molar-refractivity contribution in [1.82, 2.24) is 4.57 Å². The Morgan fingerprint density at radius 2 is 2.36 bits per heavy atom. The van der Waals surface area contributed by atoms with Gasteiger partial charge in [-0.1, -0.05) is 6.92 Å². The molecule has 2 heteroatoms. The SMILES string of the molecule is CC=Cn1cc[n+](CCC)c1. The predicted octanol–water partition coefficient (Wildman–Crippen LogP) is 1.68. The van der Waals surface area contributed by atoms with Crippen LogP contribution in [0, 0.1) is 0 Å². The van der Waals surface area contributed by atoms with Crippen molar-refractivity contribution >= 4 is 6.20 Å². The highest BCUT2D eigenvalue weighted by atomic mass is 15.1. The Kier molecular flexibility index (Phi) is 2.90. The van der Waals surface area contributed by atoms with Gasteiger partial charge in [-0.15, -0.1) is 0 Å². The van der Waals surface area contributed by atoms with Gasteiger partial charge < -0.3 is 0 Å². The maximum atomic E-state index is 2.18. The molecule has 0 amide bonds. The van der Waals surface area contributed by atoms with Crippen molar-refractivity contribution in [2.45, 2.75) is 26.8 Å². The number of aromatic nitrogens is 2. The van der Waals surface area contributed by atoms with Crippen LogP contribution in [0.25, 0.3) is 6.20 Å². The molecular weight excluding hydrogens is 136 g/mol. The minimum atomic E-state index is 1.10. The van der Waals surface area contributed by atoms with Gasteiger partial charge in [0.25, 0.3) is 0 Å². The molecule has 0 aliphatic heterocycles. The Balaban J connectivity index is 2.65. The maximum absolute atomic E-state index is 2.18. The number of rotatable bonds is 3. The van der Waals surface area contributed by atoms with E-state index < -0.39 is 0 Å². The van der Waals surface area contributed by atoms with Gasteiger partial charge in [0, 0.05) is 0 Å². The minimum absolute atomic E-state index is 1.10. The molecule has 0 spiro atoms. The summed E-state index contributed by atoms with van der Waals surface area (Å²) in [4.78, 5) is 0. The molecule has 0 aliphatic carbocycles. The molecule has 0 N–H and O–H groups in total. The van der Waals surface area contributed by atoms with Crippen LogP contribution in [0.1, 0.15) is 20.3 Å². The van der Waals surface area contributed by atoms with Gasteiger partial charge in [-0.25, -0.2) is 9.13 Å². The molecule has 0 aromatic carbocycles. The first kappa shape index (κ1) is 8.05. The number of hydrogen-bond donors (Lipinski definition) is 0. The summed E-state index contributed by atoms with van der Waals surface area (Å²) in [6, 6.07) is 0. The normalized spacial score (nSPS) is 11.1. The van der Waals surface area contributed by atoms with Crippen LogP contribution >= 0.6 is 0 Å². The lowest BCUT2D eigenvalue weighted by Gasteiger charge is -1.87. The molecule has 1 rings (SSSR count). The van der Waals surface area contributed by atoms with Crippen molar-refractivity contribution in [2.24, 2.45) is 0 Å². The molecule has 0 unspecified atom stereocenters. The summed E-state index contributed by atoms with van der Waals surface area (Å²) in [6.45, 7) is 5.30. The highest BCUT2D eigenvalue weighted by Gasteiger charge is 1.97. The molecule has 0 saturated carbocycles. The van der Waals surface area contributed by atoms with Crippen LogP contribution in [0.5, 0.6) is 0 Å². The van der Waals surface area contributed by atoms with Crippen molar-refractivity contribution < 1.29 is 4.57 Å². The van der Waals surface area contributed by atoms with E-state index in [2.05, 4.69) is 34.8 Å². The largest absolute Gasteiger partial charge is 0.248 e. The predicted molar refractivity (Wildman–Crippen MR) is 45.9 cm³/mol. The molecule has 11 heavy (non-hydrogen) atoms. The molecule has 1 aromatic heterocycles. The number of aryl methyl sites for hydroxylation is 1. The fourth-order valence-corrected chi connectivity index (χ4v) is 1.06. The fraction of sp³-hybridized carbons (Fsp3) is 0.444. The van der Waals surface area contributed by atoms with E-state index in [4.69, 9.17) is 0 Å². The Morgan fingerprint density at radius 1 is 1.55 bits per heavy atom. The molecule has 0 aliphatic rings. The van der Waals surface area contributed by atoms with Crippen LogP contribution in [-0.4, -0.2) is 4.57 Å². The van der Waals surface area contributed by atoms with Gasteiger partial charge in [-0.05, 0) is 19.4 Å². The zero-order chi connectivity index (χ0) is 8.10. The Labute approximate surface area is 67.8 Å². The molecule has 1 heterocycles. The molecule has 0 saturated heterocycles. The smallest absolute Gasteiger partial charge is 0.236 e. The summed E-state index contributed by atoms with van der Waals surface area (Å²) in [5, 5.41) is 0. The Hall–Kier alpha value is -1.05. The van der Waals surface area contributed by atoms with Gasteiger partial charge in [0.05, 0.1) is 12.7 Å². The fourth-order valence-electron chi connectivity index (χ4n) is 1.06. The zero-order valence-electron chi connectivity index (χ0n) is 7.20.